The number of hydrogen-bond donors (Lipinski definition) is 1. The number of rotatable bonds is 7. The third-order valence-electron chi connectivity index (χ3n) is 4.20. The molecule has 9 heteroatoms. The molecule has 0 aliphatic rings. The highest BCUT2D eigenvalue weighted by Gasteiger charge is 2.12. The van der Waals surface area contributed by atoms with Gasteiger partial charge in [-0.1, -0.05) is 53.5 Å². The molecule has 1 N–H and O–H groups in total. The Morgan fingerprint density at radius 1 is 1.07 bits per heavy atom. The van der Waals surface area contributed by atoms with Gasteiger partial charge in [-0.05, 0) is 29.8 Å². The van der Waals surface area contributed by atoms with Crippen LogP contribution in [0.2, 0.25) is 10.0 Å². The van der Waals surface area contributed by atoms with E-state index < -0.39 is 0 Å². The van der Waals surface area contributed by atoms with Crippen LogP contribution in [0.25, 0.3) is 0 Å². The van der Waals surface area contributed by atoms with E-state index in [2.05, 4.69) is 15.5 Å². The molecule has 2 heterocycles. The molecule has 0 bridgehead atoms. The maximum absolute atomic E-state index is 12.5. The van der Waals surface area contributed by atoms with Gasteiger partial charge in [-0.2, -0.15) is 10.2 Å². The lowest BCUT2D eigenvalue weighted by Crippen LogP contribution is -2.14. The lowest BCUT2D eigenvalue weighted by molar-refractivity contribution is 0.102. The number of carbonyl (C=O) groups excluding carboxylic acids is 1. The van der Waals surface area contributed by atoms with Crippen molar-refractivity contribution in [2.45, 2.75) is 13.3 Å². The summed E-state index contributed by atoms with van der Waals surface area (Å²) in [6, 6.07) is 16.5. The second-order valence-corrected chi connectivity index (χ2v) is 7.30. The van der Waals surface area contributed by atoms with Gasteiger partial charge in [0, 0.05) is 17.4 Å². The van der Waals surface area contributed by atoms with Gasteiger partial charge in [-0.15, -0.1) is 0 Å². The van der Waals surface area contributed by atoms with Gasteiger partial charge in [0.25, 0.3) is 5.91 Å². The molecule has 0 saturated heterocycles. The quantitative estimate of drug-likeness (QED) is 0.450. The van der Waals surface area contributed by atoms with Gasteiger partial charge in [0.05, 0.1) is 23.5 Å². The van der Waals surface area contributed by atoms with E-state index in [4.69, 9.17) is 27.9 Å². The fourth-order valence-corrected chi connectivity index (χ4v) is 3.23. The van der Waals surface area contributed by atoms with Crippen molar-refractivity contribution in [3.63, 3.8) is 0 Å². The van der Waals surface area contributed by atoms with Crippen LogP contribution in [0.1, 0.15) is 16.1 Å². The van der Waals surface area contributed by atoms with Gasteiger partial charge >= 0.3 is 0 Å². The highest BCUT2D eigenvalue weighted by Crippen LogP contribution is 2.27. The summed E-state index contributed by atoms with van der Waals surface area (Å²) in [4.78, 5) is 12.5. The monoisotopic (exact) mass is 441 g/mol. The van der Waals surface area contributed by atoms with Gasteiger partial charge in [0.2, 0.25) is 0 Å². The Balaban J connectivity index is 1.34. The van der Waals surface area contributed by atoms with Gasteiger partial charge < -0.3 is 10.1 Å². The summed E-state index contributed by atoms with van der Waals surface area (Å²) in [5.41, 5.74) is 1.98. The van der Waals surface area contributed by atoms with E-state index in [1.807, 2.05) is 30.3 Å². The smallest absolute Gasteiger partial charge is 0.276 e. The first-order valence-corrected chi connectivity index (χ1v) is 9.81. The Morgan fingerprint density at radius 2 is 1.90 bits per heavy atom. The van der Waals surface area contributed by atoms with Crippen molar-refractivity contribution in [2.24, 2.45) is 0 Å². The zero-order chi connectivity index (χ0) is 20.9. The fourth-order valence-electron chi connectivity index (χ4n) is 2.76. The highest BCUT2D eigenvalue weighted by atomic mass is 35.5. The highest BCUT2D eigenvalue weighted by molar-refractivity contribution is 6.35. The molecule has 2 aromatic heterocycles. The Bertz CT molecular complexity index is 1160. The lowest BCUT2D eigenvalue weighted by Gasteiger charge is -2.08. The van der Waals surface area contributed by atoms with Crippen LogP contribution in [-0.4, -0.2) is 25.5 Å². The predicted molar refractivity (Wildman–Crippen MR) is 115 cm³/mol. The van der Waals surface area contributed by atoms with Crippen molar-refractivity contribution in [3.05, 3.63) is 94.5 Å². The van der Waals surface area contributed by atoms with Crippen LogP contribution < -0.4 is 10.1 Å². The third kappa shape index (κ3) is 5.00. The normalized spacial score (nSPS) is 10.7. The Kier molecular flexibility index (Phi) is 6.02. The summed E-state index contributed by atoms with van der Waals surface area (Å²) in [7, 11) is 0. The van der Waals surface area contributed by atoms with E-state index >= 15 is 0 Å². The first-order valence-electron chi connectivity index (χ1n) is 9.06. The van der Waals surface area contributed by atoms with E-state index in [1.54, 1.807) is 47.5 Å². The van der Waals surface area contributed by atoms with Gasteiger partial charge in [0.15, 0.2) is 12.4 Å². The Labute approximate surface area is 182 Å². The van der Waals surface area contributed by atoms with E-state index in [1.165, 1.54) is 4.68 Å². The van der Waals surface area contributed by atoms with E-state index in [0.29, 0.717) is 28.0 Å². The molecule has 0 spiro atoms. The lowest BCUT2D eigenvalue weighted by atomic mass is 10.2. The molecule has 1 amide bonds. The largest absolute Gasteiger partial charge is 0.470 e. The number of carbonyl (C=O) groups is 1. The molecular weight excluding hydrogens is 425 g/mol. The number of hydrogen-bond acceptors (Lipinski definition) is 4. The van der Waals surface area contributed by atoms with Crippen molar-refractivity contribution < 1.29 is 9.53 Å². The second-order valence-electron chi connectivity index (χ2n) is 6.45. The molecule has 2 aromatic carbocycles. The van der Waals surface area contributed by atoms with Crippen molar-refractivity contribution in [1.29, 1.82) is 0 Å². The van der Waals surface area contributed by atoms with E-state index in [9.17, 15) is 4.79 Å². The SMILES string of the molecule is O=C(Nc1cnn(Cc2ccccc2)c1)c1ccn(COc2ccc(Cl)cc2Cl)n1. The molecule has 4 aromatic rings. The molecule has 30 heavy (non-hydrogen) atoms. The second kappa shape index (κ2) is 9.02. The first kappa shape index (κ1) is 20.0. The van der Waals surface area contributed by atoms with E-state index in [0.717, 1.165) is 5.56 Å². The minimum atomic E-state index is -0.336. The number of aromatic nitrogens is 4. The van der Waals surface area contributed by atoms with Gasteiger partial charge in [-0.25, -0.2) is 4.68 Å². The van der Waals surface area contributed by atoms with Gasteiger partial charge in [-0.3, -0.25) is 9.48 Å². The summed E-state index contributed by atoms with van der Waals surface area (Å²) in [5, 5.41) is 12.2. The van der Waals surface area contributed by atoms with Crippen LogP contribution in [0.4, 0.5) is 5.69 Å². The van der Waals surface area contributed by atoms with E-state index in [-0.39, 0.29) is 18.3 Å². The summed E-state index contributed by atoms with van der Waals surface area (Å²) in [6.07, 6.45) is 5.02. The van der Waals surface area contributed by atoms with Crippen molar-refractivity contribution in [1.82, 2.24) is 19.6 Å². The number of benzene rings is 2. The predicted octanol–water partition coefficient (Wildman–Crippen LogP) is 4.72. The number of halogens is 2. The van der Waals surface area contributed by atoms with Crippen molar-refractivity contribution in [2.75, 3.05) is 5.32 Å². The van der Waals surface area contributed by atoms with Gasteiger partial charge in [0.1, 0.15) is 5.75 Å². The number of amides is 1. The van der Waals surface area contributed by atoms with Crippen LogP contribution >= 0.6 is 23.2 Å². The molecule has 0 atom stereocenters. The maximum Gasteiger partial charge on any atom is 0.276 e. The zero-order valence-corrected chi connectivity index (χ0v) is 17.2. The Morgan fingerprint density at radius 3 is 2.70 bits per heavy atom. The third-order valence-corrected chi connectivity index (χ3v) is 4.73. The summed E-state index contributed by atoms with van der Waals surface area (Å²) in [6.45, 7) is 0.722. The number of ether oxygens (including phenoxy) is 1. The molecule has 7 nitrogen and oxygen atoms in total. The molecule has 4 rings (SSSR count). The minimum Gasteiger partial charge on any atom is -0.470 e. The molecule has 0 aliphatic heterocycles. The fraction of sp³-hybridized carbons (Fsp3) is 0.0952. The van der Waals surface area contributed by atoms with Crippen LogP contribution in [0, 0.1) is 0 Å². The average Bonchev–Trinajstić information content (AvgIpc) is 3.38. The molecular formula is C21H17Cl2N5O2. The number of nitrogens with zero attached hydrogens (tertiary/aromatic N) is 4. The zero-order valence-electron chi connectivity index (χ0n) is 15.7. The molecule has 0 fully saturated rings. The summed E-state index contributed by atoms with van der Waals surface area (Å²) >= 11 is 12.0. The minimum absolute atomic E-state index is 0.101. The Hall–Kier alpha value is -3.29. The topological polar surface area (TPSA) is 74.0 Å². The number of nitrogens with one attached hydrogen (secondary N) is 1. The maximum atomic E-state index is 12.5. The number of anilines is 1. The van der Waals surface area contributed by atoms with Crippen molar-refractivity contribution >= 4 is 34.8 Å². The van der Waals surface area contributed by atoms with Crippen LogP contribution in [-0.2, 0) is 13.3 Å². The van der Waals surface area contributed by atoms with Crippen LogP contribution in [0.5, 0.6) is 5.75 Å². The molecule has 0 unspecified atom stereocenters. The summed E-state index contributed by atoms with van der Waals surface area (Å²) < 4.78 is 8.87. The molecule has 152 valence electrons. The molecule has 0 saturated carbocycles. The molecule has 0 radical (unpaired) electrons. The summed E-state index contributed by atoms with van der Waals surface area (Å²) in [5.74, 6) is 0.144. The average molecular weight is 442 g/mol. The van der Waals surface area contributed by atoms with Crippen molar-refractivity contribution in [3.8, 4) is 5.75 Å². The first-order chi connectivity index (χ1) is 14.6. The van der Waals surface area contributed by atoms with Crippen LogP contribution in [0.15, 0.2) is 73.2 Å². The standard InChI is InChI=1S/C21H17Cl2N5O2/c22-16-6-7-20(18(23)10-16)30-14-27-9-8-19(26-27)21(29)25-17-11-24-28(13-17)12-15-4-2-1-3-5-15/h1-11,13H,12,14H2,(H,25,29). The molecule has 0 aliphatic carbocycles. The van der Waals surface area contributed by atoms with Crippen LogP contribution in [0.3, 0.4) is 0 Å².